The van der Waals surface area contributed by atoms with Crippen LogP contribution in [0.3, 0.4) is 0 Å². The fraction of sp³-hybridized carbons (Fsp3) is 0.370. The maximum atomic E-state index is 12.7. The Kier molecular flexibility index (Phi) is 7.80. The fourth-order valence-electron chi connectivity index (χ4n) is 4.60. The Morgan fingerprint density at radius 1 is 1.08 bits per heavy atom. The number of fused-ring (bicyclic) bond motifs is 1. The van der Waals surface area contributed by atoms with Crippen molar-refractivity contribution < 1.29 is 32.5 Å². The van der Waals surface area contributed by atoms with Gasteiger partial charge in [0, 0.05) is 43.6 Å². The number of anilines is 1. The summed E-state index contributed by atoms with van der Waals surface area (Å²) in [5.41, 5.74) is 1.97. The van der Waals surface area contributed by atoms with Crippen LogP contribution in [-0.4, -0.2) is 76.4 Å². The maximum Gasteiger partial charge on any atom is 0.250 e. The van der Waals surface area contributed by atoms with Crippen molar-refractivity contribution in [2.45, 2.75) is 24.7 Å². The van der Waals surface area contributed by atoms with Crippen molar-refractivity contribution in [1.29, 1.82) is 5.26 Å². The molecule has 0 bridgehead atoms. The smallest absolute Gasteiger partial charge is 0.250 e. The molecule has 0 spiro atoms. The third-order valence-electron chi connectivity index (χ3n) is 6.78. The van der Waals surface area contributed by atoms with Gasteiger partial charge in [-0.2, -0.15) is 5.26 Å². The first-order valence-corrected chi connectivity index (χ1v) is 13.9. The SMILES string of the molecule is N#C/C(=C\c1ccc(-c2ccc3cc(N4CCOCC4)ccc3c2)o1)S(=O)(=O)NC[C@H]1OCC[C@@H](O)[C@@H]1O. The van der Waals surface area contributed by atoms with E-state index in [9.17, 15) is 23.9 Å². The van der Waals surface area contributed by atoms with Crippen LogP contribution in [0.25, 0.3) is 28.2 Å². The monoisotopic (exact) mass is 539 g/mol. The van der Waals surface area contributed by atoms with Gasteiger partial charge in [0.15, 0.2) is 4.91 Å². The number of aliphatic hydroxyl groups is 2. The van der Waals surface area contributed by atoms with E-state index in [1.165, 1.54) is 0 Å². The summed E-state index contributed by atoms with van der Waals surface area (Å²) < 4.78 is 44.3. The van der Waals surface area contributed by atoms with E-state index in [0.29, 0.717) is 5.76 Å². The number of rotatable bonds is 7. The summed E-state index contributed by atoms with van der Waals surface area (Å²) in [6, 6.07) is 17.2. The summed E-state index contributed by atoms with van der Waals surface area (Å²) in [7, 11) is -4.20. The summed E-state index contributed by atoms with van der Waals surface area (Å²) in [5, 5.41) is 31.4. The normalized spacial score (nSPS) is 22.9. The van der Waals surface area contributed by atoms with Gasteiger partial charge in [-0.05, 0) is 47.5 Å². The summed E-state index contributed by atoms with van der Waals surface area (Å²) in [5.74, 6) is 0.736. The topological polar surface area (TPSA) is 145 Å². The number of sulfonamides is 1. The molecular formula is C27H29N3O7S. The number of nitrogens with one attached hydrogen (secondary N) is 1. The predicted octanol–water partition coefficient (Wildman–Crippen LogP) is 2.23. The standard InChI is InChI=1S/C27H29N3O7S/c28-16-23(38(33,34)29-17-26-27(32)24(31)7-10-36-26)15-22-5-6-25(37-22)20-2-1-19-14-21(4-3-18(19)13-20)30-8-11-35-12-9-30/h1-6,13-15,24,26-27,29,31-32H,7-12,17H2/b23-15+/t24-,26-,27+/m1/s1. The van der Waals surface area contributed by atoms with Crippen LogP contribution in [0.2, 0.25) is 0 Å². The molecule has 3 heterocycles. The summed E-state index contributed by atoms with van der Waals surface area (Å²) in [4.78, 5) is 1.75. The number of morpholine rings is 1. The Hall–Kier alpha value is -3.24. The third kappa shape index (κ3) is 5.76. The molecular weight excluding hydrogens is 510 g/mol. The van der Waals surface area contributed by atoms with Crippen molar-refractivity contribution in [3.05, 3.63) is 59.2 Å². The molecule has 1 aromatic heterocycles. The van der Waals surface area contributed by atoms with Crippen LogP contribution < -0.4 is 9.62 Å². The quantitative estimate of drug-likeness (QED) is 0.385. The third-order valence-corrected chi connectivity index (χ3v) is 8.11. The zero-order valence-corrected chi connectivity index (χ0v) is 21.4. The highest BCUT2D eigenvalue weighted by Crippen LogP contribution is 2.30. The number of hydrogen-bond acceptors (Lipinski definition) is 9. The van der Waals surface area contributed by atoms with Gasteiger partial charge in [-0.15, -0.1) is 0 Å². The van der Waals surface area contributed by atoms with Crippen molar-refractivity contribution >= 4 is 32.6 Å². The molecule has 200 valence electrons. The Morgan fingerprint density at radius 2 is 1.84 bits per heavy atom. The van der Waals surface area contributed by atoms with E-state index in [-0.39, 0.29) is 25.3 Å². The Balaban J connectivity index is 1.30. The molecule has 3 atom stereocenters. The van der Waals surface area contributed by atoms with Gasteiger partial charge in [0.05, 0.1) is 25.4 Å². The highest BCUT2D eigenvalue weighted by molar-refractivity contribution is 7.93. The van der Waals surface area contributed by atoms with Gasteiger partial charge >= 0.3 is 0 Å². The van der Waals surface area contributed by atoms with E-state index >= 15 is 0 Å². The van der Waals surface area contributed by atoms with E-state index in [2.05, 4.69) is 27.8 Å². The highest BCUT2D eigenvalue weighted by Gasteiger charge is 2.32. The molecule has 0 radical (unpaired) electrons. The van der Waals surface area contributed by atoms with Crippen LogP contribution in [0.5, 0.6) is 0 Å². The molecule has 2 saturated heterocycles. The van der Waals surface area contributed by atoms with Crippen LogP contribution >= 0.6 is 0 Å². The Morgan fingerprint density at radius 3 is 2.63 bits per heavy atom. The van der Waals surface area contributed by atoms with Crippen LogP contribution in [-0.2, 0) is 19.5 Å². The molecule has 3 N–H and O–H groups in total. The largest absolute Gasteiger partial charge is 0.457 e. The molecule has 3 aromatic rings. The number of ether oxygens (including phenoxy) is 2. The molecule has 0 unspecified atom stereocenters. The molecule has 2 aliphatic heterocycles. The molecule has 0 saturated carbocycles. The number of furan rings is 1. The number of benzene rings is 2. The van der Waals surface area contributed by atoms with Gasteiger partial charge in [0.2, 0.25) is 0 Å². The fourth-order valence-corrected chi connectivity index (χ4v) is 5.53. The average molecular weight is 540 g/mol. The lowest BCUT2D eigenvalue weighted by Crippen LogP contribution is -2.49. The van der Waals surface area contributed by atoms with Crippen LogP contribution in [0.15, 0.2) is 57.9 Å². The predicted molar refractivity (Wildman–Crippen MR) is 142 cm³/mol. The van der Waals surface area contributed by atoms with Crippen molar-refractivity contribution in [3.8, 4) is 17.4 Å². The lowest BCUT2D eigenvalue weighted by Gasteiger charge is -2.31. The van der Waals surface area contributed by atoms with Crippen molar-refractivity contribution in [2.75, 3.05) is 44.4 Å². The first-order valence-electron chi connectivity index (χ1n) is 12.4. The minimum atomic E-state index is -4.20. The Bertz CT molecular complexity index is 1470. The van der Waals surface area contributed by atoms with Crippen molar-refractivity contribution in [3.63, 3.8) is 0 Å². The van der Waals surface area contributed by atoms with Crippen LogP contribution in [0.4, 0.5) is 5.69 Å². The minimum absolute atomic E-state index is 0.199. The van der Waals surface area contributed by atoms with Gasteiger partial charge in [-0.1, -0.05) is 18.2 Å². The Labute approximate surface area is 220 Å². The van der Waals surface area contributed by atoms with Crippen LogP contribution in [0, 0.1) is 11.3 Å². The van der Waals surface area contributed by atoms with Gasteiger partial charge in [0.25, 0.3) is 10.0 Å². The number of nitriles is 1. The number of nitrogens with zero attached hydrogens (tertiary/aromatic N) is 2. The first kappa shape index (κ1) is 26.4. The molecule has 38 heavy (non-hydrogen) atoms. The summed E-state index contributed by atoms with van der Waals surface area (Å²) >= 11 is 0. The van der Waals surface area contributed by atoms with Gasteiger partial charge in [0.1, 0.15) is 23.7 Å². The van der Waals surface area contributed by atoms with E-state index in [4.69, 9.17) is 13.9 Å². The molecule has 2 aliphatic rings. The molecule has 11 heteroatoms. The van der Waals surface area contributed by atoms with Crippen molar-refractivity contribution in [1.82, 2.24) is 4.72 Å². The van der Waals surface area contributed by atoms with E-state index in [1.807, 2.05) is 18.2 Å². The van der Waals surface area contributed by atoms with Crippen molar-refractivity contribution in [2.24, 2.45) is 0 Å². The zero-order chi connectivity index (χ0) is 26.7. The molecule has 0 amide bonds. The lowest BCUT2D eigenvalue weighted by atomic mass is 10.0. The number of aliphatic hydroxyl groups excluding tert-OH is 2. The lowest BCUT2D eigenvalue weighted by molar-refractivity contribution is -0.131. The second-order valence-electron chi connectivity index (χ2n) is 9.28. The number of allylic oxidation sites excluding steroid dienone is 1. The average Bonchev–Trinajstić information content (AvgIpc) is 3.41. The molecule has 10 nitrogen and oxygen atoms in total. The van der Waals surface area contributed by atoms with Gasteiger partial charge in [-0.3, -0.25) is 0 Å². The molecule has 0 aliphatic carbocycles. The summed E-state index contributed by atoms with van der Waals surface area (Å²) in [6.45, 7) is 3.08. The molecule has 2 aromatic carbocycles. The molecule has 2 fully saturated rings. The van der Waals surface area contributed by atoms with Gasteiger partial charge in [-0.25, -0.2) is 13.1 Å². The molecule has 5 rings (SSSR count). The highest BCUT2D eigenvalue weighted by atomic mass is 32.2. The number of hydrogen-bond donors (Lipinski definition) is 3. The maximum absolute atomic E-state index is 12.7. The van der Waals surface area contributed by atoms with E-state index < -0.39 is 33.2 Å². The minimum Gasteiger partial charge on any atom is -0.457 e. The second kappa shape index (κ2) is 11.2. The first-order chi connectivity index (χ1) is 18.3. The zero-order valence-electron chi connectivity index (χ0n) is 20.6. The van der Waals surface area contributed by atoms with Gasteiger partial charge < -0.3 is 29.0 Å². The summed E-state index contributed by atoms with van der Waals surface area (Å²) in [6.07, 6.45) is -1.72. The van der Waals surface area contributed by atoms with E-state index in [1.54, 1.807) is 18.2 Å². The van der Waals surface area contributed by atoms with Crippen LogP contribution in [0.1, 0.15) is 12.2 Å². The van der Waals surface area contributed by atoms with E-state index in [0.717, 1.165) is 54.4 Å². The second-order valence-corrected chi connectivity index (χ2v) is 11.0.